The fourth-order valence-corrected chi connectivity index (χ4v) is 4.45. The van der Waals surface area contributed by atoms with Gasteiger partial charge >= 0.3 is 24.0 Å². The quantitative estimate of drug-likeness (QED) is 0.281. The average molecular weight is 596 g/mol. The summed E-state index contributed by atoms with van der Waals surface area (Å²) in [6, 6.07) is 7.39. The van der Waals surface area contributed by atoms with Gasteiger partial charge in [-0.1, -0.05) is 19.1 Å². The Morgan fingerprint density at radius 3 is 2.15 bits per heavy atom. The molecule has 4 aromatic rings. The molecule has 8 nitrogen and oxygen atoms in total. The van der Waals surface area contributed by atoms with Gasteiger partial charge < -0.3 is 4.74 Å². The highest BCUT2D eigenvalue weighted by atomic mass is 32.2. The summed E-state index contributed by atoms with van der Waals surface area (Å²) in [6.07, 6.45) is -8.93. The maximum atomic E-state index is 13.1. The zero-order valence-corrected chi connectivity index (χ0v) is 20.8. The van der Waals surface area contributed by atoms with Gasteiger partial charge in [0, 0.05) is 18.0 Å². The summed E-state index contributed by atoms with van der Waals surface area (Å²) in [4.78, 5) is 16.4. The van der Waals surface area contributed by atoms with Crippen LogP contribution in [-0.2, 0) is 16.0 Å². The van der Waals surface area contributed by atoms with E-state index in [4.69, 9.17) is 0 Å². The normalized spacial score (nSPS) is 13.1. The Morgan fingerprint density at radius 2 is 1.57 bits per heavy atom. The SMILES string of the molecule is CCS(=O)(=O)c1cc(-c2ccc(OCC(F)(F)C(F)(F)F)cc2)cnc1-n1nc2ccc(C(F)(F)F)cn2c1=O. The summed E-state index contributed by atoms with van der Waals surface area (Å²) in [5.74, 6) is -6.35. The third kappa shape index (κ3) is 5.50. The zero-order valence-electron chi connectivity index (χ0n) is 20.0. The number of pyridine rings is 2. The predicted molar refractivity (Wildman–Crippen MR) is 123 cm³/mol. The van der Waals surface area contributed by atoms with Crippen molar-refractivity contribution in [3.05, 3.63) is 70.9 Å². The Bertz CT molecular complexity index is 1730. The van der Waals surface area contributed by atoms with E-state index in [9.17, 15) is 48.3 Å². The first-order valence-corrected chi connectivity index (χ1v) is 12.7. The van der Waals surface area contributed by atoms with Gasteiger partial charge in [0.2, 0.25) is 0 Å². The van der Waals surface area contributed by atoms with Crippen LogP contribution in [-0.4, -0.2) is 52.0 Å². The summed E-state index contributed by atoms with van der Waals surface area (Å²) in [5, 5.41) is 3.90. The molecule has 0 aliphatic rings. The van der Waals surface area contributed by atoms with Crippen LogP contribution >= 0.6 is 0 Å². The van der Waals surface area contributed by atoms with Crippen molar-refractivity contribution in [2.45, 2.75) is 30.1 Å². The average Bonchev–Trinajstić information content (AvgIpc) is 3.22. The molecule has 0 N–H and O–H groups in total. The Labute approximate surface area is 219 Å². The molecule has 0 bridgehead atoms. The Hall–Kier alpha value is -4.02. The van der Waals surface area contributed by atoms with Crippen LogP contribution in [0.1, 0.15) is 12.5 Å². The number of hydrogen-bond acceptors (Lipinski definition) is 6. The van der Waals surface area contributed by atoms with Crippen molar-refractivity contribution in [3.8, 4) is 22.7 Å². The molecular weight excluding hydrogens is 580 g/mol. The van der Waals surface area contributed by atoms with Gasteiger partial charge in [-0.3, -0.25) is 0 Å². The van der Waals surface area contributed by atoms with Gasteiger partial charge in [-0.05, 0) is 35.9 Å². The number of rotatable bonds is 7. The van der Waals surface area contributed by atoms with E-state index in [1.54, 1.807) is 0 Å². The van der Waals surface area contributed by atoms with Crippen LogP contribution in [0.2, 0.25) is 0 Å². The van der Waals surface area contributed by atoms with Gasteiger partial charge in [-0.2, -0.15) is 39.8 Å². The van der Waals surface area contributed by atoms with Crippen molar-refractivity contribution in [2.24, 2.45) is 0 Å². The summed E-state index contributed by atoms with van der Waals surface area (Å²) in [5.41, 5.74) is -2.08. The minimum absolute atomic E-state index is 0.138. The minimum atomic E-state index is -5.80. The maximum absolute atomic E-state index is 13.1. The highest BCUT2D eigenvalue weighted by molar-refractivity contribution is 7.91. The molecule has 0 saturated carbocycles. The van der Waals surface area contributed by atoms with E-state index in [-0.39, 0.29) is 22.5 Å². The molecule has 0 aliphatic heterocycles. The molecule has 3 aromatic heterocycles. The molecule has 17 heteroatoms. The maximum Gasteiger partial charge on any atom is 0.456 e. The minimum Gasteiger partial charge on any atom is -0.487 e. The lowest BCUT2D eigenvalue weighted by Gasteiger charge is -2.19. The smallest absolute Gasteiger partial charge is 0.456 e. The molecule has 1 aromatic carbocycles. The second-order valence-corrected chi connectivity index (χ2v) is 10.5. The summed E-state index contributed by atoms with van der Waals surface area (Å²) in [6.45, 7) is -0.653. The van der Waals surface area contributed by atoms with E-state index in [0.29, 0.717) is 21.3 Å². The van der Waals surface area contributed by atoms with Crippen molar-refractivity contribution < 1.29 is 48.3 Å². The highest BCUT2D eigenvalue weighted by Gasteiger charge is 2.58. The fraction of sp³-hybridized carbons (Fsp3) is 0.261. The molecule has 4 rings (SSSR count). The van der Waals surface area contributed by atoms with E-state index >= 15 is 0 Å². The number of nitrogens with zero attached hydrogens (tertiary/aromatic N) is 4. The highest BCUT2D eigenvalue weighted by Crippen LogP contribution is 2.36. The third-order valence-electron chi connectivity index (χ3n) is 5.62. The number of alkyl halides is 8. The third-order valence-corrected chi connectivity index (χ3v) is 7.35. The van der Waals surface area contributed by atoms with Crippen molar-refractivity contribution >= 4 is 15.5 Å². The van der Waals surface area contributed by atoms with Crippen LogP contribution in [0.25, 0.3) is 22.6 Å². The molecule has 0 amide bonds. The standard InChI is InChI=1S/C23H16F8N4O4S/c1-2-40(37,38)17-9-14(13-3-6-16(7-4-13)39-12-21(24,25)23(29,30)31)10-32-19(17)35-20(36)34-11-15(22(26,27)28)5-8-18(34)33-35/h3-11H,2,12H2,1H3. The predicted octanol–water partition coefficient (Wildman–Crippen LogP) is 4.94. The number of benzene rings is 1. The van der Waals surface area contributed by atoms with Crippen LogP contribution in [0.4, 0.5) is 35.1 Å². The lowest BCUT2D eigenvalue weighted by atomic mass is 10.1. The largest absolute Gasteiger partial charge is 0.487 e. The van der Waals surface area contributed by atoms with Crippen LogP contribution in [0.15, 0.2) is 64.5 Å². The number of sulfone groups is 1. The summed E-state index contributed by atoms with van der Waals surface area (Å²) >= 11 is 0. The van der Waals surface area contributed by atoms with Crippen molar-refractivity contribution in [1.29, 1.82) is 0 Å². The number of fused-ring (bicyclic) bond motifs is 1. The van der Waals surface area contributed by atoms with Gasteiger partial charge in [0.05, 0.1) is 11.3 Å². The Morgan fingerprint density at radius 1 is 0.925 bits per heavy atom. The molecular formula is C23H16F8N4O4S. The molecule has 0 spiro atoms. The molecule has 0 atom stereocenters. The van der Waals surface area contributed by atoms with E-state index < -0.39 is 62.4 Å². The van der Waals surface area contributed by atoms with Gasteiger partial charge in [-0.15, -0.1) is 5.10 Å². The van der Waals surface area contributed by atoms with E-state index in [0.717, 1.165) is 30.5 Å². The van der Waals surface area contributed by atoms with Crippen LogP contribution in [0.5, 0.6) is 5.75 Å². The lowest BCUT2D eigenvalue weighted by Crippen LogP contribution is -2.41. The van der Waals surface area contributed by atoms with Gasteiger partial charge in [0.25, 0.3) is 0 Å². The summed E-state index contributed by atoms with van der Waals surface area (Å²) in [7, 11) is -4.11. The van der Waals surface area contributed by atoms with Crippen LogP contribution in [0, 0.1) is 0 Å². The Balaban J connectivity index is 1.73. The van der Waals surface area contributed by atoms with E-state index in [1.165, 1.54) is 19.1 Å². The Kier molecular flexibility index (Phi) is 7.15. The monoisotopic (exact) mass is 596 g/mol. The number of ether oxygens (including phenoxy) is 1. The second-order valence-electron chi connectivity index (χ2n) is 8.30. The van der Waals surface area contributed by atoms with Gasteiger partial charge in [-0.25, -0.2) is 22.6 Å². The molecule has 40 heavy (non-hydrogen) atoms. The molecule has 0 aliphatic carbocycles. The van der Waals surface area contributed by atoms with Crippen molar-refractivity contribution in [1.82, 2.24) is 19.2 Å². The zero-order chi connectivity index (χ0) is 29.7. The van der Waals surface area contributed by atoms with Crippen LogP contribution in [0.3, 0.4) is 0 Å². The topological polar surface area (TPSA) is 95.6 Å². The van der Waals surface area contributed by atoms with Gasteiger partial charge in [0.1, 0.15) is 10.6 Å². The van der Waals surface area contributed by atoms with E-state index in [2.05, 4.69) is 14.8 Å². The molecule has 0 radical (unpaired) electrons. The van der Waals surface area contributed by atoms with Crippen LogP contribution < -0.4 is 10.4 Å². The first-order chi connectivity index (χ1) is 18.4. The molecule has 214 valence electrons. The number of hydrogen-bond donors (Lipinski definition) is 0. The van der Waals surface area contributed by atoms with Crippen molar-refractivity contribution in [3.63, 3.8) is 0 Å². The fourth-order valence-electron chi connectivity index (χ4n) is 3.42. The molecule has 3 heterocycles. The molecule has 0 unspecified atom stereocenters. The molecule has 0 saturated heterocycles. The van der Waals surface area contributed by atoms with Crippen molar-refractivity contribution in [2.75, 3.05) is 12.4 Å². The number of halogens is 8. The van der Waals surface area contributed by atoms with Gasteiger partial charge in [0.15, 0.2) is 27.9 Å². The summed E-state index contributed by atoms with van der Waals surface area (Å²) < 4.78 is 134. The molecule has 0 fully saturated rings. The lowest BCUT2D eigenvalue weighted by molar-refractivity contribution is -0.290. The van der Waals surface area contributed by atoms with E-state index in [1.807, 2.05) is 0 Å². The second kappa shape index (κ2) is 9.87. The number of aromatic nitrogens is 4. The first kappa shape index (κ1) is 29.0. The first-order valence-electron chi connectivity index (χ1n) is 11.0.